The molecule has 1 atom stereocenters. The predicted molar refractivity (Wildman–Crippen MR) is 97.5 cm³/mol. The molecule has 0 spiro atoms. The summed E-state index contributed by atoms with van der Waals surface area (Å²) < 4.78 is 34.8. The van der Waals surface area contributed by atoms with Gasteiger partial charge in [0.25, 0.3) is 0 Å². The van der Waals surface area contributed by atoms with Crippen molar-refractivity contribution >= 4 is 18.3 Å². The number of hydrogen-bond acceptors (Lipinski definition) is 4. The van der Waals surface area contributed by atoms with Gasteiger partial charge in [-0.15, -0.1) is 12.6 Å². The average Bonchev–Trinajstić information content (AvgIpc) is 3.21. The number of nitrogens with one attached hydrogen (secondary N) is 1. The zero-order valence-corrected chi connectivity index (χ0v) is 14.7. The number of nitrogens with zero attached hydrogens (tertiary/aromatic N) is 2. The molecular weight excluding hydrogens is 356 g/mol. The lowest BCUT2D eigenvalue weighted by Gasteiger charge is -2.14. The van der Waals surface area contributed by atoms with Crippen LogP contribution in [0.2, 0.25) is 0 Å². The van der Waals surface area contributed by atoms with E-state index in [2.05, 4.69) is 22.9 Å². The standard InChI is InChI=1S/C19H15F2N3OS/c1-22-15-8-16(24-10-23-9-17(15)24)13-7-12(26)3-5-18(13)25-19-4-2-11(20)6-14(19)21/h2-10,15,22,26H,1H3. The van der Waals surface area contributed by atoms with Crippen molar-refractivity contribution in [2.75, 3.05) is 7.05 Å². The van der Waals surface area contributed by atoms with Gasteiger partial charge < -0.3 is 14.6 Å². The quantitative estimate of drug-likeness (QED) is 0.668. The number of aromatic nitrogens is 2. The number of halogens is 2. The number of fused-ring (bicyclic) bond motifs is 1. The summed E-state index contributed by atoms with van der Waals surface area (Å²) in [6, 6.07) is 8.53. The Hall–Kier alpha value is -2.64. The number of ether oxygens (including phenoxy) is 1. The Morgan fingerprint density at radius 1 is 1.15 bits per heavy atom. The van der Waals surface area contributed by atoms with Crippen molar-refractivity contribution < 1.29 is 13.5 Å². The first-order valence-electron chi connectivity index (χ1n) is 7.95. The molecule has 1 aliphatic rings. The molecule has 7 heteroatoms. The van der Waals surface area contributed by atoms with Crippen LogP contribution in [0, 0.1) is 11.6 Å². The van der Waals surface area contributed by atoms with Crippen molar-refractivity contribution in [2.24, 2.45) is 0 Å². The van der Waals surface area contributed by atoms with Crippen molar-refractivity contribution in [1.82, 2.24) is 14.9 Å². The molecule has 0 fully saturated rings. The molecule has 0 aliphatic carbocycles. The van der Waals surface area contributed by atoms with E-state index in [1.165, 1.54) is 6.07 Å². The number of imidazole rings is 1. The van der Waals surface area contributed by atoms with E-state index in [0.29, 0.717) is 5.75 Å². The van der Waals surface area contributed by atoms with E-state index in [0.717, 1.165) is 34.0 Å². The lowest BCUT2D eigenvalue weighted by Crippen LogP contribution is -2.12. The van der Waals surface area contributed by atoms with E-state index in [4.69, 9.17) is 4.74 Å². The molecule has 1 unspecified atom stereocenters. The first kappa shape index (κ1) is 16.8. The molecule has 0 radical (unpaired) electrons. The van der Waals surface area contributed by atoms with Crippen LogP contribution in [0.3, 0.4) is 0 Å². The Kier molecular flexibility index (Phi) is 4.26. The topological polar surface area (TPSA) is 39.1 Å². The summed E-state index contributed by atoms with van der Waals surface area (Å²) in [6.07, 6.45) is 5.54. The highest BCUT2D eigenvalue weighted by Crippen LogP contribution is 2.39. The van der Waals surface area contributed by atoms with E-state index in [-0.39, 0.29) is 11.8 Å². The lowest BCUT2D eigenvalue weighted by molar-refractivity contribution is 0.436. The Labute approximate surface area is 154 Å². The van der Waals surface area contributed by atoms with E-state index < -0.39 is 11.6 Å². The summed E-state index contributed by atoms with van der Waals surface area (Å²) >= 11 is 4.41. The Morgan fingerprint density at radius 2 is 1.96 bits per heavy atom. The molecule has 1 N–H and O–H groups in total. The van der Waals surface area contributed by atoms with Gasteiger partial charge in [-0.2, -0.15) is 0 Å². The van der Waals surface area contributed by atoms with Gasteiger partial charge in [0.2, 0.25) is 0 Å². The van der Waals surface area contributed by atoms with E-state index in [1.54, 1.807) is 24.7 Å². The molecule has 0 saturated carbocycles. The monoisotopic (exact) mass is 371 g/mol. The second kappa shape index (κ2) is 6.59. The second-order valence-electron chi connectivity index (χ2n) is 5.86. The fourth-order valence-corrected chi connectivity index (χ4v) is 3.20. The van der Waals surface area contributed by atoms with Gasteiger partial charge in [0.05, 0.1) is 30.0 Å². The van der Waals surface area contributed by atoms with Crippen LogP contribution < -0.4 is 10.1 Å². The molecule has 4 rings (SSSR count). The minimum absolute atomic E-state index is 0.00600. The number of benzene rings is 2. The molecule has 0 amide bonds. The van der Waals surface area contributed by atoms with Crippen LogP contribution in [0.25, 0.3) is 5.70 Å². The fourth-order valence-electron chi connectivity index (χ4n) is 2.99. The van der Waals surface area contributed by atoms with Crippen LogP contribution in [0.1, 0.15) is 17.3 Å². The van der Waals surface area contributed by atoms with Crippen molar-refractivity contribution in [3.05, 3.63) is 77.9 Å². The SMILES string of the molecule is CNC1C=C(c2cc(S)ccc2Oc2ccc(F)cc2F)n2cncc21. The van der Waals surface area contributed by atoms with Crippen LogP contribution in [0.5, 0.6) is 11.5 Å². The Bertz CT molecular complexity index is 1020. The van der Waals surface area contributed by atoms with Gasteiger partial charge in [-0.1, -0.05) is 0 Å². The van der Waals surface area contributed by atoms with Gasteiger partial charge in [0.15, 0.2) is 11.6 Å². The van der Waals surface area contributed by atoms with Gasteiger partial charge in [-0.25, -0.2) is 13.8 Å². The van der Waals surface area contributed by atoms with Crippen LogP contribution in [0.15, 0.2) is 59.9 Å². The third-order valence-corrected chi connectivity index (χ3v) is 4.51. The van der Waals surface area contributed by atoms with Crippen molar-refractivity contribution in [2.45, 2.75) is 10.9 Å². The van der Waals surface area contributed by atoms with Gasteiger partial charge in [0, 0.05) is 16.5 Å². The van der Waals surface area contributed by atoms with E-state index in [9.17, 15) is 8.78 Å². The first-order valence-corrected chi connectivity index (χ1v) is 8.39. The van der Waals surface area contributed by atoms with Crippen molar-refractivity contribution in [3.8, 4) is 11.5 Å². The van der Waals surface area contributed by atoms with Crippen LogP contribution in [-0.2, 0) is 0 Å². The van der Waals surface area contributed by atoms with Crippen LogP contribution in [-0.4, -0.2) is 16.6 Å². The Morgan fingerprint density at radius 3 is 2.73 bits per heavy atom. The Balaban J connectivity index is 1.79. The maximum Gasteiger partial charge on any atom is 0.168 e. The fraction of sp³-hybridized carbons (Fsp3) is 0.105. The molecule has 132 valence electrons. The molecular formula is C19H15F2N3OS. The molecule has 26 heavy (non-hydrogen) atoms. The number of thiol groups is 1. The van der Waals surface area contributed by atoms with Crippen molar-refractivity contribution in [1.29, 1.82) is 0 Å². The largest absolute Gasteiger partial charge is 0.454 e. The molecule has 4 nitrogen and oxygen atoms in total. The smallest absolute Gasteiger partial charge is 0.168 e. The molecule has 2 heterocycles. The zero-order chi connectivity index (χ0) is 18.3. The highest BCUT2D eigenvalue weighted by Gasteiger charge is 2.25. The van der Waals surface area contributed by atoms with Gasteiger partial charge in [-0.3, -0.25) is 0 Å². The molecule has 1 aliphatic heterocycles. The minimum Gasteiger partial charge on any atom is -0.454 e. The van der Waals surface area contributed by atoms with E-state index in [1.807, 2.05) is 23.8 Å². The summed E-state index contributed by atoms with van der Waals surface area (Å²) in [6.45, 7) is 0. The number of hydrogen-bond donors (Lipinski definition) is 2. The normalized spacial score (nSPS) is 15.7. The van der Waals surface area contributed by atoms with Gasteiger partial charge >= 0.3 is 0 Å². The van der Waals surface area contributed by atoms with Crippen LogP contribution in [0.4, 0.5) is 8.78 Å². The lowest BCUT2D eigenvalue weighted by atomic mass is 10.1. The van der Waals surface area contributed by atoms with Gasteiger partial charge in [0.1, 0.15) is 11.6 Å². The highest BCUT2D eigenvalue weighted by atomic mass is 32.1. The summed E-state index contributed by atoms with van der Waals surface area (Å²) in [5, 5.41) is 3.21. The zero-order valence-electron chi connectivity index (χ0n) is 13.8. The third kappa shape index (κ3) is 2.89. The molecule has 0 bridgehead atoms. The number of likely N-dealkylation sites (N-methyl/N-ethyl adjacent to an activating group) is 1. The third-order valence-electron chi connectivity index (χ3n) is 4.23. The van der Waals surface area contributed by atoms with Gasteiger partial charge in [-0.05, 0) is 43.5 Å². The molecule has 2 aromatic carbocycles. The van der Waals surface area contributed by atoms with E-state index >= 15 is 0 Å². The number of rotatable bonds is 4. The van der Waals surface area contributed by atoms with Crippen molar-refractivity contribution in [3.63, 3.8) is 0 Å². The summed E-state index contributed by atoms with van der Waals surface area (Å²) in [5.74, 6) is -1.02. The predicted octanol–water partition coefficient (Wildman–Crippen LogP) is 4.41. The first-order chi connectivity index (χ1) is 12.6. The minimum atomic E-state index is -0.761. The summed E-state index contributed by atoms with van der Waals surface area (Å²) in [4.78, 5) is 4.94. The maximum atomic E-state index is 14.0. The highest BCUT2D eigenvalue weighted by molar-refractivity contribution is 7.80. The molecule has 3 aromatic rings. The average molecular weight is 371 g/mol. The summed E-state index contributed by atoms with van der Waals surface area (Å²) in [5.41, 5.74) is 2.58. The molecule has 1 aromatic heterocycles. The summed E-state index contributed by atoms with van der Waals surface area (Å²) in [7, 11) is 1.86. The van der Waals surface area contributed by atoms with Crippen LogP contribution >= 0.6 is 12.6 Å². The maximum absolute atomic E-state index is 14.0. The second-order valence-corrected chi connectivity index (χ2v) is 6.38. The molecule has 0 saturated heterocycles.